The molecule has 0 saturated heterocycles. The second kappa shape index (κ2) is 10.1. The first-order valence-corrected chi connectivity index (χ1v) is 11.3. The Labute approximate surface area is 189 Å². The highest BCUT2D eigenvalue weighted by molar-refractivity contribution is 7.89. The van der Waals surface area contributed by atoms with E-state index in [2.05, 4.69) is 21.8 Å². The van der Waals surface area contributed by atoms with Crippen LogP contribution in [0.25, 0.3) is 0 Å². The van der Waals surface area contributed by atoms with E-state index in [0.29, 0.717) is 0 Å². The van der Waals surface area contributed by atoms with Gasteiger partial charge in [-0.2, -0.15) is 0 Å². The van der Waals surface area contributed by atoms with Crippen LogP contribution in [0.15, 0.2) is 88.8 Å². The fourth-order valence-corrected chi connectivity index (χ4v) is 4.40. The van der Waals surface area contributed by atoms with E-state index in [1.54, 1.807) is 35.3 Å². The van der Waals surface area contributed by atoms with Gasteiger partial charge in [0.05, 0.1) is 18.0 Å². The minimum absolute atomic E-state index is 0. The van der Waals surface area contributed by atoms with E-state index in [0.717, 1.165) is 42.0 Å². The van der Waals surface area contributed by atoms with Gasteiger partial charge in [-0.3, -0.25) is 10.0 Å². The lowest BCUT2D eigenvalue weighted by atomic mass is 10.0. The molecule has 3 N–H and O–H groups in total. The van der Waals surface area contributed by atoms with Gasteiger partial charge in [-0.25, -0.2) is 19.0 Å². The van der Waals surface area contributed by atoms with E-state index in [1.807, 2.05) is 36.4 Å². The molecule has 8 heteroatoms. The van der Waals surface area contributed by atoms with Crippen LogP contribution in [-0.4, -0.2) is 32.4 Å². The lowest BCUT2D eigenvalue weighted by molar-refractivity contribution is 0.484. The molecule has 0 spiro atoms. The van der Waals surface area contributed by atoms with E-state index < -0.39 is 10.0 Å². The number of hydrazine groups is 1. The van der Waals surface area contributed by atoms with Crippen LogP contribution in [-0.2, 0) is 23.0 Å². The van der Waals surface area contributed by atoms with E-state index in [1.165, 1.54) is 5.56 Å². The zero-order valence-corrected chi connectivity index (χ0v) is 18.6. The summed E-state index contributed by atoms with van der Waals surface area (Å²) in [5.41, 5.74) is 4.30. The SMILES string of the molecule is Cl.NN1CCN=C1c1ccc(Cc2ccc(CNS(=O)(=O)c3ccccc3)cc2)cc1. The highest BCUT2D eigenvalue weighted by Crippen LogP contribution is 2.15. The predicted octanol–water partition coefficient (Wildman–Crippen LogP) is 3.11. The number of halogens is 1. The van der Waals surface area contributed by atoms with Crippen LogP contribution in [0, 0.1) is 0 Å². The molecular weight excluding hydrogens is 432 g/mol. The van der Waals surface area contributed by atoms with Crippen molar-refractivity contribution < 1.29 is 8.42 Å². The molecule has 4 rings (SSSR count). The Morgan fingerprint density at radius 2 is 1.45 bits per heavy atom. The van der Waals surface area contributed by atoms with Crippen LogP contribution in [0.5, 0.6) is 0 Å². The Hall–Kier alpha value is -2.71. The molecule has 0 bridgehead atoms. The highest BCUT2D eigenvalue weighted by Gasteiger charge is 2.15. The minimum atomic E-state index is -3.50. The summed E-state index contributed by atoms with van der Waals surface area (Å²) in [5, 5.41) is 1.68. The topological polar surface area (TPSA) is 87.8 Å². The van der Waals surface area contributed by atoms with Crippen molar-refractivity contribution in [1.82, 2.24) is 9.73 Å². The van der Waals surface area contributed by atoms with Gasteiger partial charge in [-0.1, -0.05) is 66.7 Å². The molecule has 0 unspecified atom stereocenters. The lowest BCUT2D eigenvalue weighted by Crippen LogP contribution is -2.34. The maximum atomic E-state index is 12.3. The van der Waals surface area contributed by atoms with Gasteiger partial charge in [0.1, 0.15) is 5.84 Å². The Morgan fingerprint density at radius 1 is 0.871 bits per heavy atom. The molecule has 1 heterocycles. The van der Waals surface area contributed by atoms with Crippen LogP contribution < -0.4 is 10.6 Å². The third-order valence-corrected chi connectivity index (χ3v) is 6.45. The number of benzene rings is 3. The largest absolute Gasteiger partial charge is 0.293 e. The first-order chi connectivity index (χ1) is 14.5. The summed E-state index contributed by atoms with van der Waals surface area (Å²) in [4.78, 5) is 4.70. The van der Waals surface area contributed by atoms with E-state index >= 15 is 0 Å². The zero-order valence-electron chi connectivity index (χ0n) is 16.9. The molecule has 0 radical (unpaired) electrons. The Bertz CT molecular complexity index is 1130. The van der Waals surface area contributed by atoms with Gasteiger partial charge in [0, 0.05) is 12.1 Å². The Balaban J connectivity index is 0.00000272. The molecule has 0 fully saturated rings. The first kappa shape index (κ1) is 23.0. The van der Waals surface area contributed by atoms with E-state index in [9.17, 15) is 8.42 Å². The number of hydrogen-bond acceptors (Lipinski definition) is 5. The first-order valence-electron chi connectivity index (χ1n) is 9.80. The third kappa shape index (κ3) is 5.71. The molecule has 0 saturated carbocycles. The van der Waals surface area contributed by atoms with Crippen molar-refractivity contribution in [1.29, 1.82) is 0 Å². The van der Waals surface area contributed by atoms with Crippen LogP contribution in [0.4, 0.5) is 0 Å². The van der Waals surface area contributed by atoms with Gasteiger partial charge in [0.25, 0.3) is 0 Å². The number of nitrogens with zero attached hydrogens (tertiary/aromatic N) is 2. The maximum absolute atomic E-state index is 12.3. The number of nitrogens with two attached hydrogens (primary N) is 1. The smallest absolute Gasteiger partial charge is 0.240 e. The van der Waals surface area contributed by atoms with Crippen molar-refractivity contribution in [2.24, 2.45) is 10.8 Å². The normalized spacial score (nSPS) is 13.6. The molecule has 0 aliphatic carbocycles. The summed E-state index contributed by atoms with van der Waals surface area (Å²) < 4.78 is 27.3. The van der Waals surface area contributed by atoms with Gasteiger partial charge in [-0.15, -0.1) is 12.4 Å². The van der Waals surface area contributed by atoms with Gasteiger partial charge in [-0.05, 0) is 35.2 Å². The van der Waals surface area contributed by atoms with E-state index in [4.69, 9.17) is 5.84 Å². The number of sulfonamides is 1. The number of hydrogen-bond donors (Lipinski definition) is 2. The van der Waals surface area contributed by atoms with Crippen molar-refractivity contribution in [2.45, 2.75) is 17.9 Å². The summed E-state index contributed by atoms with van der Waals surface area (Å²) in [6.07, 6.45) is 0.801. The second-order valence-corrected chi connectivity index (χ2v) is 8.99. The van der Waals surface area contributed by atoms with Crippen molar-refractivity contribution in [2.75, 3.05) is 13.1 Å². The molecule has 6 nitrogen and oxygen atoms in total. The number of amidine groups is 1. The van der Waals surface area contributed by atoms with Crippen molar-refractivity contribution in [3.63, 3.8) is 0 Å². The molecule has 162 valence electrons. The van der Waals surface area contributed by atoms with Gasteiger partial charge in [0.15, 0.2) is 0 Å². The fraction of sp³-hybridized carbons (Fsp3) is 0.174. The quantitative estimate of drug-likeness (QED) is 0.535. The van der Waals surface area contributed by atoms with Crippen LogP contribution >= 0.6 is 12.4 Å². The molecule has 0 amide bonds. The van der Waals surface area contributed by atoms with Crippen molar-refractivity contribution in [3.8, 4) is 0 Å². The monoisotopic (exact) mass is 456 g/mol. The van der Waals surface area contributed by atoms with Crippen LogP contribution in [0.3, 0.4) is 0 Å². The Morgan fingerprint density at radius 3 is 2.03 bits per heavy atom. The molecule has 0 atom stereocenters. The number of nitrogens with one attached hydrogen (secondary N) is 1. The van der Waals surface area contributed by atoms with Gasteiger partial charge in [0.2, 0.25) is 10.0 Å². The zero-order chi connectivity index (χ0) is 21.0. The van der Waals surface area contributed by atoms with Crippen LogP contribution in [0.2, 0.25) is 0 Å². The summed E-state index contributed by atoms with van der Waals surface area (Å²) in [6, 6.07) is 24.6. The summed E-state index contributed by atoms with van der Waals surface area (Å²) in [5.74, 6) is 6.77. The van der Waals surface area contributed by atoms with Gasteiger partial charge >= 0.3 is 0 Å². The maximum Gasteiger partial charge on any atom is 0.240 e. The van der Waals surface area contributed by atoms with Crippen LogP contribution in [0.1, 0.15) is 22.3 Å². The number of aliphatic imine (C=N–C) groups is 1. The average molecular weight is 457 g/mol. The lowest BCUT2D eigenvalue weighted by Gasteiger charge is -2.13. The second-order valence-electron chi connectivity index (χ2n) is 7.23. The standard InChI is InChI=1S/C23H24N4O2S.ClH/c24-27-15-14-25-23(27)21-12-10-19(11-13-21)16-18-6-8-20(9-7-18)17-26-30(28,29)22-4-2-1-3-5-22;/h1-13,26H,14-17,24H2;1H. The molecule has 31 heavy (non-hydrogen) atoms. The summed E-state index contributed by atoms with van der Waals surface area (Å²) >= 11 is 0. The summed E-state index contributed by atoms with van der Waals surface area (Å²) in [6.45, 7) is 1.75. The molecular formula is C23H25ClN4O2S. The molecule has 1 aliphatic heterocycles. The molecule has 3 aromatic rings. The third-order valence-electron chi connectivity index (χ3n) is 5.04. The van der Waals surface area contributed by atoms with E-state index in [-0.39, 0.29) is 23.8 Å². The predicted molar refractivity (Wildman–Crippen MR) is 126 cm³/mol. The number of rotatable bonds is 7. The molecule has 1 aliphatic rings. The summed E-state index contributed by atoms with van der Waals surface area (Å²) in [7, 11) is -3.50. The average Bonchev–Trinajstić information content (AvgIpc) is 3.20. The van der Waals surface area contributed by atoms with Crippen molar-refractivity contribution in [3.05, 3.63) is 101 Å². The Kier molecular flexibility index (Phi) is 7.46. The molecule has 0 aromatic heterocycles. The van der Waals surface area contributed by atoms with Crippen molar-refractivity contribution >= 4 is 28.3 Å². The minimum Gasteiger partial charge on any atom is -0.293 e. The molecule has 3 aromatic carbocycles. The van der Waals surface area contributed by atoms with Gasteiger partial charge < -0.3 is 0 Å². The highest BCUT2D eigenvalue weighted by atomic mass is 35.5. The fourth-order valence-electron chi connectivity index (χ4n) is 3.36.